The van der Waals surface area contributed by atoms with E-state index in [0.29, 0.717) is 25.3 Å². The Morgan fingerprint density at radius 1 is 1.07 bits per heavy atom. The molecule has 1 aliphatic carbocycles. The molecule has 1 aromatic carbocycles. The van der Waals surface area contributed by atoms with Crippen molar-refractivity contribution in [2.45, 2.75) is 64.4 Å². The molecule has 0 amide bonds. The van der Waals surface area contributed by atoms with Crippen molar-refractivity contribution in [3.8, 4) is 5.88 Å². The Bertz CT molecular complexity index is 862. The molecule has 0 atom stereocenters. The van der Waals surface area contributed by atoms with E-state index in [9.17, 15) is 4.79 Å². The van der Waals surface area contributed by atoms with Gasteiger partial charge in [-0.2, -0.15) is 0 Å². The van der Waals surface area contributed by atoms with Gasteiger partial charge < -0.3 is 18.8 Å². The average Bonchev–Trinajstić information content (AvgIpc) is 2.91. The summed E-state index contributed by atoms with van der Waals surface area (Å²) in [7, 11) is -0.441. The van der Waals surface area contributed by atoms with Crippen molar-refractivity contribution in [3.05, 3.63) is 54.2 Å². The van der Waals surface area contributed by atoms with Crippen molar-refractivity contribution in [3.63, 3.8) is 0 Å². The Morgan fingerprint density at radius 3 is 2.33 bits per heavy atom. The van der Waals surface area contributed by atoms with E-state index in [1.165, 1.54) is 0 Å². The molecule has 0 N–H and O–H groups in total. The van der Waals surface area contributed by atoms with Crippen molar-refractivity contribution < 1.29 is 23.6 Å². The van der Waals surface area contributed by atoms with Gasteiger partial charge in [-0.15, -0.1) is 0 Å². The number of aromatic nitrogens is 1. The summed E-state index contributed by atoms with van der Waals surface area (Å²) in [5.74, 6) is 0.266. The number of esters is 1. The van der Waals surface area contributed by atoms with Crippen molar-refractivity contribution in [2.75, 3.05) is 0 Å². The maximum absolute atomic E-state index is 12.2. The summed E-state index contributed by atoms with van der Waals surface area (Å²) in [4.78, 5) is 16.6. The number of rotatable bonds is 6. The Balaban J connectivity index is 1.23. The highest BCUT2D eigenvalue weighted by molar-refractivity contribution is 6.62. The first-order valence-electron chi connectivity index (χ1n) is 10.4. The number of carbonyl (C=O) groups is 1. The van der Waals surface area contributed by atoms with Crippen LogP contribution in [0.5, 0.6) is 5.88 Å². The number of pyridine rings is 1. The summed E-state index contributed by atoms with van der Waals surface area (Å²) in [6.45, 7) is 8.40. The topological polar surface area (TPSA) is 66.9 Å². The zero-order chi connectivity index (χ0) is 21.4. The van der Waals surface area contributed by atoms with Crippen LogP contribution in [-0.2, 0) is 25.4 Å². The second-order valence-electron chi connectivity index (χ2n) is 9.02. The smallest absolute Gasteiger partial charge is 0.474 e. The summed E-state index contributed by atoms with van der Waals surface area (Å²) in [5, 5.41) is 0. The number of nitrogens with zero attached hydrogens (tertiary/aromatic N) is 1. The third kappa shape index (κ3) is 4.37. The molecule has 158 valence electrons. The van der Waals surface area contributed by atoms with Crippen LogP contribution < -0.4 is 10.2 Å². The molecule has 4 rings (SSSR count). The molecule has 1 aliphatic heterocycles. The lowest BCUT2D eigenvalue weighted by Gasteiger charge is -2.33. The lowest BCUT2D eigenvalue weighted by molar-refractivity contribution is -0.156. The van der Waals surface area contributed by atoms with Gasteiger partial charge in [0.1, 0.15) is 12.7 Å². The van der Waals surface area contributed by atoms with Crippen LogP contribution in [0.15, 0.2) is 48.7 Å². The molecule has 0 radical (unpaired) electrons. The Kier molecular flexibility index (Phi) is 5.60. The Labute approximate surface area is 178 Å². The fourth-order valence-corrected chi connectivity index (χ4v) is 3.45. The van der Waals surface area contributed by atoms with Crippen LogP contribution >= 0.6 is 0 Å². The molecule has 1 saturated heterocycles. The van der Waals surface area contributed by atoms with Gasteiger partial charge in [-0.05, 0) is 52.2 Å². The normalized spacial score (nSPS) is 24.2. The first-order chi connectivity index (χ1) is 14.2. The van der Waals surface area contributed by atoms with Gasteiger partial charge >= 0.3 is 13.1 Å². The first kappa shape index (κ1) is 20.9. The van der Waals surface area contributed by atoms with Gasteiger partial charge in [0.05, 0.1) is 17.1 Å². The molecule has 6 nitrogen and oxygen atoms in total. The number of ether oxygens (including phenoxy) is 2. The van der Waals surface area contributed by atoms with E-state index in [4.69, 9.17) is 18.8 Å². The van der Waals surface area contributed by atoms with Crippen LogP contribution in [0.25, 0.3) is 0 Å². The lowest BCUT2D eigenvalue weighted by Crippen LogP contribution is -2.41. The van der Waals surface area contributed by atoms with E-state index >= 15 is 0 Å². The predicted molar refractivity (Wildman–Crippen MR) is 113 cm³/mol. The van der Waals surface area contributed by atoms with Crippen molar-refractivity contribution in [1.29, 1.82) is 0 Å². The standard InChI is InChI=1S/C23H28BNO5/c1-22(2)23(3,4)30-24(29-22)18-10-11-20(25-14-18)28-19-12-17(13-19)21(26)27-15-16-8-6-5-7-9-16/h5-11,14,17,19H,12-13,15H2,1-4H3. The second kappa shape index (κ2) is 8.04. The van der Waals surface area contributed by atoms with Gasteiger partial charge in [-0.3, -0.25) is 4.79 Å². The highest BCUT2D eigenvalue weighted by Gasteiger charge is 2.51. The van der Waals surface area contributed by atoms with Crippen LogP contribution in [0.3, 0.4) is 0 Å². The van der Waals surface area contributed by atoms with Crippen molar-refractivity contribution in [2.24, 2.45) is 5.92 Å². The quantitative estimate of drug-likeness (QED) is 0.539. The van der Waals surface area contributed by atoms with Crippen molar-refractivity contribution in [1.82, 2.24) is 4.98 Å². The van der Waals surface area contributed by atoms with E-state index in [-0.39, 0.29) is 29.2 Å². The first-order valence-corrected chi connectivity index (χ1v) is 10.4. The largest absolute Gasteiger partial charge is 0.496 e. The Hall–Kier alpha value is -2.38. The van der Waals surface area contributed by atoms with E-state index in [1.54, 1.807) is 6.20 Å². The summed E-state index contributed by atoms with van der Waals surface area (Å²) >= 11 is 0. The van der Waals surface area contributed by atoms with Crippen LogP contribution in [0.4, 0.5) is 0 Å². The molecule has 1 aromatic heterocycles. The SMILES string of the molecule is CC1(C)OB(c2ccc(OC3CC(C(=O)OCc4ccccc4)C3)nc2)OC1(C)C. The lowest BCUT2D eigenvalue weighted by atomic mass is 9.80. The summed E-state index contributed by atoms with van der Waals surface area (Å²) in [6, 6.07) is 13.4. The molecule has 2 heterocycles. The minimum atomic E-state index is -0.441. The Morgan fingerprint density at radius 2 is 1.73 bits per heavy atom. The monoisotopic (exact) mass is 409 g/mol. The zero-order valence-corrected chi connectivity index (χ0v) is 18.0. The van der Waals surface area contributed by atoms with E-state index in [2.05, 4.69) is 4.98 Å². The molecule has 30 heavy (non-hydrogen) atoms. The average molecular weight is 409 g/mol. The highest BCUT2D eigenvalue weighted by Crippen LogP contribution is 2.36. The molecule has 2 fully saturated rings. The van der Waals surface area contributed by atoms with Gasteiger partial charge in [0, 0.05) is 11.7 Å². The van der Waals surface area contributed by atoms with Crippen LogP contribution in [0, 0.1) is 5.92 Å². The van der Waals surface area contributed by atoms with Crippen LogP contribution in [-0.4, -0.2) is 35.4 Å². The van der Waals surface area contributed by atoms with Gasteiger partial charge in [0.15, 0.2) is 0 Å². The number of hydrogen-bond donors (Lipinski definition) is 0. The van der Waals surface area contributed by atoms with Crippen molar-refractivity contribution >= 4 is 18.6 Å². The summed E-state index contributed by atoms with van der Waals surface area (Å²) < 4.78 is 23.4. The fourth-order valence-electron chi connectivity index (χ4n) is 3.45. The van der Waals surface area contributed by atoms with Gasteiger partial charge in [0.2, 0.25) is 5.88 Å². The summed E-state index contributed by atoms with van der Waals surface area (Å²) in [6.07, 6.45) is 3.00. The molecular weight excluding hydrogens is 381 g/mol. The van der Waals surface area contributed by atoms with Gasteiger partial charge in [-0.25, -0.2) is 4.98 Å². The molecule has 0 bridgehead atoms. The fraction of sp³-hybridized carbons (Fsp3) is 0.478. The molecule has 7 heteroatoms. The predicted octanol–water partition coefficient (Wildman–Crippen LogP) is 3.28. The molecule has 0 spiro atoms. The molecule has 2 aromatic rings. The maximum atomic E-state index is 12.2. The molecule has 0 unspecified atom stereocenters. The molecule has 1 saturated carbocycles. The van der Waals surface area contributed by atoms with Gasteiger partial charge in [-0.1, -0.05) is 36.4 Å². The number of hydrogen-bond acceptors (Lipinski definition) is 6. The third-order valence-corrected chi connectivity index (χ3v) is 6.22. The minimum Gasteiger partial charge on any atom is -0.474 e. The van der Waals surface area contributed by atoms with E-state index in [1.807, 2.05) is 70.2 Å². The van der Waals surface area contributed by atoms with Crippen LogP contribution in [0.1, 0.15) is 46.1 Å². The molecule has 2 aliphatic rings. The second-order valence-corrected chi connectivity index (χ2v) is 9.02. The van der Waals surface area contributed by atoms with Gasteiger partial charge in [0.25, 0.3) is 0 Å². The van der Waals surface area contributed by atoms with Crippen LogP contribution in [0.2, 0.25) is 0 Å². The van der Waals surface area contributed by atoms with E-state index in [0.717, 1.165) is 11.0 Å². The zero-order valence-electron chi connectivity index (χ0n) is 18.0. The maximum Gasteiger partial charge on any atom is 0.496 e. The minimum absolute atomic E-state index is 0.0190. The summed E-state index contributed by atoms with van der Waals surface area (Å²) in [5.41, 5.74) is 1.08. The molecular formula is C23H28BNO5. The van der Waals surface area contributed by atoms with E-state index < -0.39 is 7.12 Å². The highest BCUT2D eigenvalue weighted by atomic mass is 16.7. The number of carbonyl (C=O) groups excluding carboxylic acids is 1. The third-order valence-electron chi connectivity index (χ3n) is 6.22. The number of benzene rings is 1.